The highest BCUT2D eigenvalue weighted by molar-refractivity contribution is 7.14. The van der Waals surface area contributed by atoms with E-state index in [0.717, 1.165) is 0 Å². The molecule has 0 radical (unpaired) electrons. The van der Waals surface area contributed by atoms with Crippen molar-refractivity contribution in [3.8, 4) is 11.8 Å². The zero-order chi connectivity index (χ0) is 18.9. The van der Waals surface area contributed by atoms with Gasteiger partial charge in [-0.2, -0.15) is 5.26 Å². The number of nitriles is 1. The second kappa shape index (κ2) is 9.19. The van der Waals surface area contributed by atoms with Gasteiger partial charge in [-0.3, -0.25) is 14.4 Å². The summed E-state index contributed by atoms with van der Waals surface area (Å²) in [4.78, 5) is 35.4. The summed E-state index contributed by atoms with van der Waals surface area (Å²) in [5.74, 6) is -1.47. The van der Waals surface area contributed by atoms with Crippen molar-refractivity contribution in [2.45, 2.75) is 0 Å². The molecule has 0 aliphatic heterocycles. The standard InChI is InChI=1S/C17H15N3O5S/c1-24-13-5-3-2-4-12(13)16(23)19-9-15(22)25-10-14(21)20-17-11(8-18)6-7-26-17/h2-7H,9-10H2,1H3,(H,19,23)(H,20,21). The predicted octanol–water partition coefficient (Wildman–Crippen LogP) is 1.54. The average molecular weight is 373 g/mol. The van der Waals surface area contributed by atoms with Crippen LogP contribution in [-0.4, -0.2) is 38.0 Å². The number of hydrogen-bond donors (Lipinski definition) is 2. The fourth-order valence-corrected chi connectivity index (χ4v) is 2.69. The Morgan fingerprint density at radius 1 is 1.23 bits per heavy atom. The monoisotopic (exact) mass is 373 g/mol. The van der Waals surface area contributed by atoms with Crippen LogP contribution in [0.3, 0.4) is 0 Å². The van der Waals surface area contributed by atoms with Gasteiger partial charge in [-0.25, -0.2) is 0 Å². The number of ether oxygens (including phenoxy) is 2. The van der Waals surface area contributed by atoms with E-state index in [4.69, 9.17) is 14.7 Å². The Bertz CT molecular complexity index is 856. The summed E-state index contributed by atoms with van der Waals surface area (Å²) >= 11 is 1.19. The molecule has 0 saturated heterocycles. The molecule has 0 unspecified atom stereocenters. The molecule has 26 heavy (non-hydrogen) atoms. The number of carbonyl (C=O) groups excluding carboxylic acids is 3. The van der Waals surface area contributed by atoms with Crippen LogP contribution in [0.15, 0.2) is 35.7 Å². The summed E-state index contributed by atoms with van der Waals surface area (Å²) < 4.78 is 9.86. The second-order valence-electron chi connectivity index (χ2n) is 4.87. The summed E-state index contributed by atoms with van der Waals surface area (Å²) in [6, 6.07) is 10.1. The summed E-state index contributed by atoms with van der Waals surface area (Å²) in [5.41, 5.74) is 0.612. The third-order valence-corrected chi connectivity index (χ3v) is 3.98. The van der Waals surface area contributed by atoms with Crippen molar-refractivity contribution in [3.05, 3.63) is 46.8 Å². The number of esters is 1. The molecule has 0 bridgehead atoms. The minimum absolute atomic E-state index is 0.280. The number of thiophene rings is 1. The van der Waals surface area contributed by atoms with E-state index in [1.54, 1.807) is 35.7 Å². The third kappa shape index (κ3) is 5.06. The van der Waals surface area contributed by atoms with Gasteiger partial charge in [0, 0.05) is 0 Å². The van der Waals surface area contributed by atoms with E-state index in [0.29, 0.717) is 16.3 Å². The molecule has 0 spiro atoms. The number of hydrogen-bond acceptors (Lipinski definition) is 7. The summed E-state index contributed by atoms with van der Waals surface area (Å²) in [5, 5.41) is 15.8. The van der Waals surface area contributed by atoms with Crippen molar-refractivity contribution in [2.24, 2.45) is 0 Å². The SMILES string of the molecule is COc1ccccc1C(=O)NCC(=O)OCC(=O)Nc1sccc1C#N. The fraction of sp³-hybridized carbons (Fsp3) is 0.176. The predicted molar refractivity (Wildman–Crippen MR) is 93.9 cm³/mol. The smallest absolute Gasteiger partial charge is 0.325 e. The van der Waals surface area contributed by atoms with Gasteiger partial charge >= 0.3 is 5.97 Å². The molecule has 0 aliphatic rings. The van der Waals surface area contributed by atoms with Crippen molar-refractivity contribution in [1.82, 2.24) is 5.32 Å². The summed E-state index contributed by atoms with van der Waals surface area (Å²) in [6.07, 6.45) is 0. The van der Waals surface area contributed by atoms with E-state index in [9.17, 15) is 14.4 Å². The largest absolute Gasteiger partial charge is 0.496 e. The van der Waals surface area contributed by atoms with Crippen molar-refractivity contribution >= 4 is 34.1 Å². The number of benzene rings is 1. The van der Waals surface area contributed by atoms with Crippen LogP contribution < -0.4 is 15.4 Å². The Kier molecular flexibility index (Phi) is 6.70. The molecule has 8 nitrogen and oxygen atoms in total. The summed E-state index contributed by atoms with van der Waals surface area (Å²) in [6.45, 7) is -0.918. The van der Waals surface area contributed by atoms with Gasteiger partial charge in [0.05, 0.1) is 18.2 Å². The maximum Gasteiger partial charge on any atom is 0.325 e. The number of nitrogens with one attached hydrogen (secondary N) is 2. The van der Waals surface area contributed by atoms with Crippen LogP contribution in [0.4, 0.5) is 5.00 Å². The molecule has 2 N–H and O–H groups in total. The van der Waals surface area contributed by atoms with Crippen molar-refractivity contribution in [2.75, 3.05) is 25.6 Å². The minimum Gasteiger partial charge on any atom is -0.496 e. The lowest BCUT2D eigenvalue weighted by atomic mass is 10.2. The molecule has 2 rings (SSSR count). The molecule has 1 heterocycles. The van der Waals surface area contributed by atoms with Crippen molar-refractivity contribution in [3.63, 3.8) is 0 Å². The highest BCUT2D eigenvalue weighted by Gasteiger charge is 2.14. The highest BCUT2D eigenvalue weighted by Crippen LogP contribution is 2.21. The van der Waals surface area contributed by atoms with Crippen LogP contribution >= 0.6 is 11.3 Å². The molecule has 1 aromatic carbocycles. The molecular formula is C17H15N3O5S. The number of methoxy groups -OCH3 is 1. The van der Waals surface area contributed by atoms with Crippen molar-refractivity contribution in [1.29, 1.82) is 5.26 Å². The second-order valence-corrected chi connectivity index (χ2v) is 5.78. The lowest BCUT2D eigenvalue weighted by molar-refractivity contribution is -0.146. The van der Waals surface area contributed by atoms with E-state index in [-0.39, 0.29) is 5.56 Å². The average Bonchev–Trinajstić information content (AvgIpc) is 3.11. The molecule has 134 valence electrons. The van der Waals surface area contributed by atoms with Crippen LogP contribution in [0.5, 0.6) is 5.75 Å². The minimum atomic E-state index is -0.768. The third-order valence-electron chi connectivity index (χ3n) is 3.15. The van der Waals surface area contributed by atoms with Gasteiger partial charge in [-0.05, 0) is 23.6 Å². The van der Waals surface area contributed by atoms with Crippen molar-refractivity contribution < 1.29 is 23.9 Å². The molecule has 0 aliphatic carbocycles. The Morgan fingerprint density at radius 3 is 2.73 bits per heavy atom. The van der Waals surface area contributed by atoms with E-state index >= 15 is 0 Å². The van der Waals surface area contributed by atoms with Gasteiger partial charge < -0.3 is 20.1 Å². The molecule has 0 fully saturated rings. The zero-order valence-corrected chi connectivity index (χ0v) is 14.6. The number of carbonyl (C=O) groups is 3. The maximum atomic E-state index is 12.0. The fourth-order valence-electron chi connectivity index (χ4n) is 1.93. The number of amides is 2. The van der Waals surface area contributed by atoms with Gasteiger partial charge in [0.2, 0.25) is 0 Å². The van der Waals surface area contributed by atoms with Gasteiger partial charge in [0.15, 0.2) is 6.61 Å². The normalized spacial score (nSPS) is 9.69. The van der Waals surface area contributed by atoms with Crippen LogP contribution in [0, 0.1) is 11.3 Å². The molecule has 2 amide bonds. The quantitative estimate of drug-likeness (QED) is 0.711. The van der Waals surface area contributed by atoms with Gasteiger partial charge in [-0.1, -0.05) is 12.1 Å². The van der Waals surface area contributed by atoms with Crippen LogP contribution in [0.25, 0.3) is 0 Å². The molecular weight excluding hydrogens is 358 g/mol. The Hall–Kier alpha value is -3.38. The van der Waals surface area contributed by atoms with E-state index < -0.39 is 30.9 Å². The zero-order valence-electron chi connectivity index (χ0n) is 13.8. The number of rotatable bonds is 7. The Balaban J connectivity index is 1.77. The van der Waals surface area contributed by atoms with Crippen LogP contribution in [0.1, 0.15) is 15.9 Å². The van der Waals surface area contributed by atoms with Crippen LogP contribution in [-0.2, 0) is 14.3 Å². The first-order chi connectivity index (χ1) is 12.5. The first kappa shape index (κ1) is 19.0. The highest BCUT2D eigenvalue weighted by atomic mass is 32.1. The lowest BCUT2D eigenvalue weighted by Crippen LogP contribution is -2.32. The molecule has 9 heteroatoms. The molecule has 0 atom stereocenters. The van der Waals surface area contributed by atoms with Gasteiger partial charge in [-0.15, -0.1) is 11.3 Å². The number of nitrogens with zero attached hydrogens (tertiary/aromatic N) is 1. The molecule has 1 aromatic heterocycles. The Labute approximate surface area is 153 Å². The van der Waals surface area contributed by atoms with E-state index in [1.807, 2.05) is 6.07 Å². The van der Waals surface area contributed by atoms with E-state index in [2.05, 4.69) is 10.6 Å². The molecule has 2 aromatic rings. The van der Waals surface area contributed by atoms with Crippen LogP contribution in [0.2, 0.25) is 0 Å². The summed E-state index contributed by atoms with van der Waals surface area (Å²) in [7, 11) is 1.43. The first-order valence-electron chi connectivity index (χ1n) is 7.39. The lowest BCUT2D eigenvalue weighted by Gasteiger charge is -2.09. The first-order valence-corrected chi connectivity index (χ1v) is 8.27. The topological polar surface area (TPSA) is 118 Å². The van der Waals surface area contributed by atoms with E-state index in [1.165, 1.54) is 18.4 Å². The number of anilines is 1. The maximum absolute atomic E-state index is 12.0. The van der Waals surface area contributed by atoms with Gasteiger partial charge in [0.1, 0.15) is 23.4 Å². The molecule has 0 saturated carbocycles. The number of para-hydroxylation sites is 1. The Morgan fingerprint density at radius 2 is 2.00 bits per heavy atom. The van der Waals surface area contributed by atoms with Gasteiger partial charge in [0.25, 0.3) is 11.8 Å².